The van der Waals surface area contributed by atoms with E-state index in [1.54, 1.807) is 12.1 Å². The molecule has 0 saturated carbocycles. The SMILES string of the molecule is C=C(O/C=C\C)c1cc(-c2c[nH]c3ccccc23)nc(N)c1C#N. The van der Waals surface area contributed by atoms with Crippen molar-refractivity contribution in [2.45, 2.75) is 6.92 Å². The van der Waals surface area contributed by atoms with E-state index >= 15 is 0 Å². The molecular weight excluding hydrogens is 300 g/mol. The average Bonchev–Trinajstić information content (AvgIpc) is 3.03. The van der Waals surface area contributed by atoms with Gasteiger partial charge in [0.25, 0.3) is 0 Å². The number of H-pyrrole nitrogens is 1. The van der Waals surface area contributed by atoms with Crippen molar-refractivity contribution in [1.82, 2.24) is 9.97 Å². The molecule has 3 N–H and O–H groups in total. The van der Waals surface area contributed by atoms with Gasteiger partial charge in [-0.15, -0.1) is 0 Å². The molecule has 5 nitrogen and oxygen atoms in total. The number of nitrogens with zero attached hydrogens (tertiary/aromatic N) is 2. The number of benzene rings is 1. The molecule has 5 heteroatoms. The number of rotatable bonds is 4. The molecule has 0 saturated heterocycles. The van der Waals surface area contributed by atoms with Crippen LogP contribution in [0.25, 0.3) is 27.9 Å². The molecule has 118 valence electrons. The van der Waals surface area contributed by atoms with Crippen LogP contribution in [0.1, 0.15) is 18.1 Å². The number of fused-ring (bicyclic) bond motifs is 1. The maximum atomic E-state index is 9.38. The number of hydrogen-bond donors (Lipinski definition) is 2. The zero-order chi connectivity index (χ0) is 17.1. The second-order valence-corrected chi connectivity index (χ2v) is 5.19. The van der Waals surface area contributed by atoms with Crippen LogP contribution in [0, 0.1) is 11.3 Å². The van der Waals surface area contributed by atoms with E-state index < -0.39 is 0 Å². The Balaban J connectivity index is 2.18. The molecule has 1 aromatic carbocycles. The third-order valence-electron chi connectivity index (χ3n) is 3.67. The summed E-state index contributed by atoms with van der Waals surface area (Å²) in [6.45, 7) is 5.71. The summed E-state index contributed by atoms with van der Waals surface area (Å²) in [5, 5.41) is 10.4. The topological polar surface area (TPSA) is 87.7 Å². The summed E-state index contributed by atoms with van der Waals surface area (Å²) in [4.78, 5) is 7.59. The maximum Gasteiger partial charge on any atom is 0.142 e. The van der Waals surface area contributed by atoms with Crippen LogP contribution < -0.4 is 5.73 Å². The largest absolute Gasteiger partial charge is 0.465 e. The lowest BCUT2D eigenvalue weighted by Crippen LogP contribution is -2.02. The van der Waals surface area contributed by atoms with Gasteiger partial charge >= 0.3 is 0 Å². The van der Waals surface area contributed by atoms with E-state index in [1.807, 2.05) is 37.4 Å². The molecule has 3 aromatic rings. The van der Waals surface area contributed by atoms with Gasteiger partial charge in [0.05, 0.1) is 12.0 Å². The number of ether oxygens (including phenoxy) is 1. The fourth-order valence-corrected chi connectivity index (χ4v) is 2.54. The van der Waals surface area contributed by atoms with Crippen LogP contribution in [0.15, 0.2) is 55.4 Å². The highest BCUT2D eigenvalue weighted by atomic mass is 16.5. The second kappa shape index (κ2) is 6.31. The summed E-state index contributed by atoms with van der Waals surface area (Å²) in [7, 11) is 0. The van der Waals surface area contributed by atoms with E-state index in [9.17, 15) is 5.26 Å². The lowest BCUT2D eigenvalue weighted by atomic mass is 10.0. The van der Waals surface area contributed by atoms with Crippen molar-refractivity contribution < 1.29 is 4.74 Å². The summed E-state index contributed by atoms with van der Waals surface area (Å²) in [6.07, 6.45) is 5.12. The van der Waals surface area contributed by atoms with E-state index in [1.165, 1.54) is 6.26 Å². The quantitative estimate of drug-likeness (QED) is 0.706. The Morgan fingerprint density at radius 3 is 2.96 bits per heavy atom. The third kappa shape index (κ3) is 2.61. The Kier molecular flexibility index (Phi) is 4.04. The first-order chi connectivity index (χ1) is 11.7. The van der Waals surface area contributed by atoms with Crippen LogP contribution in [0.5, 0.6) is 0 Å². The lowest BCUT2D eigenvalue weighted by molar-refractivity contribution is 0.437. The molecular formula is C19H16N4O. The van der Waals surface area contributed by atoms with E-state index in [4.69, 9.17) is 10.5 Å². The molecule has 0 atom stereocenters. The van der Waals surface area contributed by atoms with Crippen LogP contribution in [-0.2, 0) is 4.74 Å². The number of anilines is 1. The first kappa shape index (κ1) is 15.4. The molecule has 0 unspecified atom stereocenters. The van der Waals surface area contributed by atoms with E-state index in [-0.39, 0.29) is 11.4 Å². The Morgan fingerprint density at radius 1 is 1.42 bits per heavy atom. The summed E-state index contributed by atoms with van der Waals surface area (Å²) in [5.41, 5.74) is 9.34. The molecule has 0 amide bonds. The van der Waals surface area contributed by atoms with E-state index in [2.05, 4.69) is 22.6 Å². The molecule has 3 rings (SSSR count). The number of allylic oxidation sites excluding steroid dienone is 1. The minimum absolute atomic E-state index is 0.153. The molecule has 24 heavy (non-hydrogen) atoms. The van der Waals surface area contributed by atoms with Gasteiger partial charge in [0, 0.05) is 28.2 Å². The molecule has 0 aliphatic heterocycles. The number of aromatic amines is 1. The van der Waals surface area contributed by atoms with Gasteiger partial charge in [-0.2, -0.15) is 5.26 Å². The maximum absolute atomic E-state index is 9.38. The van der Waals surface area contributed by atoms with Crippen LogP contribution in [0.3, 0.4) is 0 Å². The minimum Gasteiger partial charge on any atom is -0.465 e. The van der Waals surface area contributed by atoms with Gasteiger partial charge in [0.2, 0.25) is 0 Å². The van der Waals surface area contributed by atoms with Crippen LogP contribution in [-0.4, -0.2) is 9.97 Å². The minimum atomic E-state index is 0.153. The van der Waals surface area contributed by atoms with Crippen molar-refractivity contribution >= 4 is 22.5 Å². The Morgan fingerprint density at radius 2 is 2.21 bits per heavy atom. The first-order valence-corrected chi connectivity index (χ1v) is 7.40. The van der Waals surface area contributed by atoms with Gasteiger partial charge < -0.3 is 15.5 Å². The fourth-order valence-electron chi connectivity index (χ4n) is 2.54. The molecule has 0 aliphatic rings. The fraction of sp³-hybridized carbons (Fsp3) is 0.0526. The number of nitrogen functional groups attached to an aromatic ring is 1. The van der Waals surface area contributed by atoms with Crippen LogP contribution in [0.4, 0.5) is 5.82 Å². The molecule has 0 bridgehead atoms. The number of nitrogens with two attached hydrogens (primary N) is 1. The predicted octanol–water partition coefficient (Wildman–Crippen LogP) is 4.20. The highest BCUT2D eigenvalue weighted by molar-refractivity contribution is 5.95. The lowest BCUT2D eigenvalue weighted by Gasteiger charge is -2.11. The number of para-hydroxylation sites is 1. The number of nitriles is 1. The summed E-state index contributed by atoms with van der Waals surface area (Å²) < 4.78 is 5.42. The monoisotopic (exact) mass is 316 g/mol. The molecule has 2 heterocycles. The van der Waals surface area contributed by atoms with Gasteiger partial charge in [-0.1, -0.05) is 30.9 Å². The third-order valence-corrected chi connectivity index (χ3v) is 3.67. The standard InChI is InChI=1S/C19H16N4O/c1-3-8-24-12(2)14-9-18(23-19(21)15(14)10-20)16-11-22-17-7-5-4-6-13(16)17/h3-9,11,22H,2H2,1H3,(H2,21,23)/b8-3-. The van der Waals surface area contributed by atoms with Gasteiger partial charge in [0.1, 0.15) is 23.2 Å². The molecule has 0 aliphatic carbocycles. The molecule has 0 fully saturated rings. The van der Waals surface area contributed by atoms with Gasteiger partial charge in [-0.05, 0) is 19.1 Å². The normalized spacial score (nSPS) is 10.8. The highest BCUT2D eigenvalue weighted by Gasteiger charge is 2.16. The number of hydrogen-bond acceptors (Lipinski definition) is 4. The van der Waals surface area contributed by atoms with Gasteiger partial charge in [-0.25, -0.2) is 4.98 Å². The number of nitrogens with one attached hydrogen (secondary N) is 1. The Labute approximate surface area is 139 Å². The van der Waals surface area contributed by atoms with E-state index in [0.29, 0.717) is 17.0 Å². The van der Waals surface area contributed by atoms with Gasteiger partial charge in [-0.3, -0.25) is 0 Å². The number of aromatic nitrogens is 2. The molecule has 0 spiro atoms. The average molecular weight is 316 g/mol. The van der Waals surface area contributed by atoms with Crippen molar-refractivity contribution in [1.29, 1.82) is 5.26 Å². The predicted molar refractivity (Wildman–Crippen MR) is 95.6 cm³/mol. The highest BCUT2D eigenvalue weighted by Crippen LogP contribution is 2.32. The van der Waals surface area contributed by atoms with Crippen molar-refractivity contribution in [2.75, 3.05) is 5.73 Å². The van der Waals surface area contributed by atoms with Crippen molar-refractivity contribution in [2.24, 2.45) is 0 Å². The summed E-state index contributed by atoms with van der Waals surface area (Å²) >= 11 is 0. The zero-order valence-electron chi connectivity index (χ0n) is 13.2. The zero-order valence-corrected chi connectivity index (χ0v) is 13.2. The number of pyridine rings is 1. The van der Waals surface area contributed by atoms with Crippen molar-refractivity contribution in [3.8, 4) is 17.3 Å². The molecule has 0 radical (unpaired) electrons. The first-order valence-electron chi connectivity index (χ1n) is 7.40. The molecule has 2 aromatic heterocycles. The van der Waals surface area contributed by atoms with Gasteiger partial charge in [0.15, 0.2) is 0 Å². The van der Waals surface area contributed by atoms with E-state index in [0.717, 1.165) is 16.5 Å². The second-order valence-electron chi connectivity index (χ2n) is 5.19. The van der Waals surface area contributed by atoms with Crippen LogP contribution in [0.2, 0.25) is 0 Å². The van der Waals surface area contributed by atoms with Crippen molar-refractivity contribution in [3.05, 3.63) is 66.6 Å². The Bertz CT molecular complexity index is 992. The summed E-state index contributed by atoms with van der Waals surface area (Å²) in [6, 6.07) is 11.8. The smallest absolute Gasteiger partial charge is 0.142 e. The summed E-state index contributed by atoms with van der Waals surface area (Å²) in [5.74, 6) is 0.500. The Hall–Kier alpha value is -3.52. The van der Waals surface area contributed by atoms with Crippen molar-refractivity contribution in [3.63, 3.8) is 0 Å². The van der Waals surface area contributed by atoms with Crippen LogP contribution >= 0.6 is 0 Å².